The second-order valence-electron chi connectivity index (χ2n) is 3.91. The second-order valence-corrected chi connectivity index (χ2v) is 4.77. The first-order valence-corrected chi connectivity index (χ1v) is 6.12. The second kappa shape index (κ2) is 5.19. The molecule has 0 bridgehead atoms. The molecule has 0 aliphatic rings. The van der Waals surface area contributed by atoms with Gasteiger partial charge in [0, 0.05) is 4.47 Å². The van der Waals surface area contributed by atoms with Gasteiger partial charge in [-0.3, -0.25) is 0 Å². The van der Waals surface area contributed by atoms with Gasteiger partial charge in [0.25, 0.3) is 0 Å². The molecule has 0 radical (unpaired) electrons. The first-order chi connectivity index (χ1) is 8.60. The average Bonchev–Trinajstić information content (AvgIpc) is 2.34. The van der Waals surface area contributed by atoms with Gasteiger partial charge in [-0.25, -0.2) is 4.39 Å². The van der Waals surface area contributed by atoms with Gasteiger partial charge in [-0.15, -0.1) is 0 Å². The van der Waals surface area contributed by atoms with Gasteiger partial charge in [-0.05, 0) is 58.7 Å². The van der Waals surface area contributed by atoms with Crippen molar-refractivity contribution in [2.75, 3.05) is 5.32 Å². The summed E-state index contributed by atoms with van der Waals surface area (Å²) in [6.07, 6.45) is 0. The smallest absolute Gasteiger partial charge is 0.147 e. The molecule has 0 saturated carbocycles. The Morgan fingerprint density at radius 2 is 1.89 bits per heavy atom. The van der Waals surface area contributed by atoms with E-state index >= 15 is 0 Å². The lowest BCUT2D eigenvalue weighted by atomic mass is 10.2. The molecule has 0 heterocycles. The van der Waals surface area contributed by atoms with Gasteiger partial charge in [0.15, 0.2) is 0 Å². The van der Waals surface area contributed by atoms with Gasteiger partial charge >= 0.3 is 0 Å². The third kappa shape index (κ3) is 2.69. The summed E-state index contributed by atoms with van der Waals surface area (Å²) in [6.45, 7) is 1.98. The number of anilines is 2. The number of benzene rings is 2. The highest BCUT2D eigenvalue weighted by Gasteiger charge is 2.06. The molecular weight excluding hydrogens is 295 g/mol. The molecule has 0 unspecified atom stereocenters. The summed E-state index contributed by atoms with van der Waals surface area (Å²) in [5.41, 5.74) is 2.55. The molecule has 0 aliphatic carbocycles. The molecular formula is C14H10BrFN2. The Balaban J connectivity index is 2.32. The standard InChI is InChI=1S/C14H10BrFN2/c1-9-2-4-13(11(15)6-9)18-14-5-3-10(8-17)7-12(14)16/h2-7,18H,1H3. The van der Waals surface area contributed by atoms with E-state index in [9.17, 15) is 4.39 Å². The van der Waals surface area contributed by atoms with E-state index in [2.05, 4.69) is 21.2 Å². The number of hydrogen-bond donors (Lipinski definition) is 1. The number of nitrogens with one attached hydrogen (secondary N) is 1. The van der Waals surface area contributed by atoms with Gasteiger partial charge in [-0.1, -0.05) is 6.07 Å². The fourth-order valence-corrected chi connectivity index (χ4v) is 2.15. The minimum absolute atomic E-state index is 0.307. The summed E-state index contributed by atoms with van der Waals surface area (Å²) in [4.78, 5) is 0. The van der Waals surface area contributed by atoms with Crippen LogP contribution in [-0.4, -0.2) is 0 Å². The van der Waals surface area contributed by atoms with Crippen LogP contribution in [0.15, 0.2) is 40.9 Å². The maximum absolute atomic E-state index is 13.7. The van der Waals surface area contributed by atoms with Crippen molar-refractivity contribution in [3.8, 4) is 6.07 Å². The molecule has 2 aromatic rings. The molecule has 0 aliphatic heterocycles. The quantitative estimate of drug-likeness (QED) is 0.886. The lowest BCUT2D eigenvalue weighted by Gasteiger charge is -2.10. The molecule has 4 heteroatoms. The van der Waals surface area contributed by atoms with E-state index < -0.39 is 5.82 Å². The molecule has 0 fully saturated rings. The monoisotopic (exact) mass is 304 g/mol. The first-order valence-electron chi connectivity index (χ1n) is 5.33. The van der Waals surface area contributed by atoms with Crippen molar-refractivity contribution in [3.63, 3.8) is 0 Å². The summed E-state index contributed by atoms with van der Waals surface area (Å²) < 4.78 is 14.6. The third-order valence-electron chi connectivity index (χ3n) is 2.49. The summed E-state index contributed by atoms with van der Waals surface area (Å²) >= 11 is 3.42. The van der Waals surface area contributed by atoms with Crippen LogP contribution < -0.4 is 5.32 Å². The van der Waals surface area contributed by atoms with Crippen LogP contribution in [0.2, 0.25) is 0 Å². The number of aryl methyl sites for hydroxylation is 1. The summed E-state index contributed by atoms with van der Waals surface area (Å²) in [5, 5.41) is 11.7. The highest BCUT2D eigenvalue weighted by atomic mass is 79.9. The maximum Gasteiger partial charge on any atom is 0.147 e. The minimum Gasteiger partial charge on any atom is -0.352 e. The maximum atomic E-state index is 13.7. The molecule has 18 heavy (non-hydrogen) atoms. The van der Waals surface area contributed by atoms with Crippen molar-refractivity contribution >= 4 is 27.3 Å². The van der Waals surface area contributed by atoms with Crippen molar-refractivity contribution < 1.29 is 4.39 Å². The Labute approximate surface area is 113 Å². The molecule has 2 nitrogen and oxygen atoms in total. The molecule has 0 amide bonds. The van der Waals surface area contributed by atoms with Crippen LogP contribution in [0.25, 0.3) is 0 Å². The van der Waals surface area contributed by atoms with Crippen LogP contribution >= 0.6 is 15.9 Å². The van der Waals surface area contributed by atoms with E-state index in [4.69, 9.17) is 5.26 Å². The number of halogens is 2. The summed E-state index contributed by atoms with van der Waals surface area (Å²) in [5.74, 6) is -0.443. The van der Waals surface area contributed by atoms with Crippen molar-refractivity contribution in [1.82, 2.24) is 0 Å². The van der Waals surface area contributed by atoms with Crippen molar-refractivity contribution in [1.29, 1.82) is 5.26 Å². The number of nitrogens with zero attached hydrogens (tertiary/aromatic N) is 1. The average molecular weight is 305 g/mol. The Morgan fingerprint density at radius 1 is 1.17 bits per heavy atom. The largest absolute Gasteiger partial charge is 0.352 e. The van der Waals surface area contributed by atoms with Crippen molar-refractivity contribution in [3.05, 3.63) is 57.8 Å². The van der Waals surface area contributed by atoms with Crippen LogP contribution in [-0.2, 0) is 0 Å². The third-order valence-corrected chi connectivity index (χ3v) is 3.15. The molecule has 1 N–H and O–H groups in total. The van der Waals surface area contributed by atoms with E-state index in [1.165, 1.54) is 6.07 Å². The van der Waals surface area contributed by atoms with Gasteiger partial charge in [0.05, 0.1) is 23.0 Å². The van der Waals surface area contributed by atoms with Crippen molar-refractivity contribution in [2.45, 2.75) is 6.92 Å². The Hall–Kier alpha value is -1.86. The molecule has 2 aromatic carbocycles. The van der Waals surface area contributed by atoms with Crippen LogP contribution in [0, 0.1) is 24.1 Å². The fourth-order valence-electron chi connectivity index (χ4n) is 1.55. The van der Waals surface area contributed by atoms with Gasteiger partial charge in [0.2, 0.25) is 0 Å². The number of nitriles is 1. The Kier molecular flexibility index (Phi) is 3.63. The molecule has 2 rings (SSSR count). The molecule has 0 atom stereocenters. The van der Waals surface area contributed by atoms with E-state index in [0.717, 1.165) is 15.7 Å². The predicted molar refractivity (Wildman–Crippen MR) is 73.3 cm³/mol. The summed E-state index contributed by atoms with van der Waals surface area (Å²) in [7, 11) is 0. The van der Waals surface area contributed by atoms with Gasteiger partial charge < -0.3 is 5.32 Å². The lowest BCUT2D eigenvalue weighted by molar-refractivity contribution is 0.631. The van der Waals surface area contributed by atoms with Crippen LogP contribution in [0.3, 0.4) is 0 Å². The molecule has 0 saturated heterocycles. The topological polar surface area (TPSA) is 35.8 Å². The summed E-state index contributed by atoms with van der Waals surface area (Å²) in [6, 6.07) is 12.0. The zero-order valence-corrected chi connectivity index (χ0v) is 11.3. The highest BCUT2D eigenvalue weighted by molar-refractivity contribution is 9.10. The molecule has 0 aromatic heterocycles. The van der Waals surface area contributed by atoms with E-state index in [1.807, 2.05) is 31.2 Å². The SMILES string of the molecule is Cc1ccc(Nc2ccc(C#N)cc2F)c(Br)c1. The van der Waals surface area contributed by atoms with Crippen LogP contribution in [0.4, 0.5) is 15.8 Å². The van der Waals surface area contributed by atoms with Crippen LogP contribution in [0.1, 0.15) is 11.1 Å². The molecule has 0 spiro atoms. The Morgan fingerprint density at radius 3 is 2.50 bits per heavy atom. The van der Waals surface area contributed by atoms with E-state index in [1.54, 1.807) is 12.1 Å². The fraction of sp³-hybridized carbons (Fsp3) is 0.0714. The number of rotatable bonds is 2. The normalized spacial score (nSPS) is 9.89. The predicted octanol–water partition coefficient (Wildman–Crippen LogP) is 4.51. The van der Waals surface area contributed by atoms with Gasteiger partial charge in [0.1, 0.15) is 5.82 Å². The van der Waals surface area contributed by atoms with Gasteiger partial charge in [-0.2, -0.15) is 5.26 Å². The lowest BCUT2D eigenvalue weighted by Crippen LogP contribution is -1.95. The minimum atomic E-state index is -0.443. The van der Waals surface area contributed by atoms with E-state index in [0.29, 0.717) is 11.3 Å². The Bertz CT molecular complexity index is 632. The highest BCUT2D eigenvalue weighted by Crippen LogP contribution is 2.28. The first kappa shape index (κ1) is 12.6. The van der Waals surface area contributed by atoms with Crippen LogP contribution in [0.5, 0.6) is 0 Å². The van der Waals surface area contributed by atoms with Crippen molar-refractivity contribution in [2.24, 2.45) is 0 Å². The van der Waals surface area contributed by atoms with E-state index in [-0.39, 0.29) is 0 Å². The zero-order chi connectivity index (χ0) is 13.1. The zero-order valence-electron chi connectivity index (χ0n) is 9.67. The number of hydrogen-bond acceptors (Lipinski definition) is 2. The molecule has 90 valence electrons.